The highest BCUT2D eigenvalue weighted by Crippen LogP contribution is 2.44. The van der Waals surface area contributed by atoms with E-state index in [1.165, 1.54) is 25.7 Å². The highest BCUT2D eigenvalue weighted by atomic mass is 16.4. The first-order chi connectivity index (χ1) is 11.6. The van der Waals surface area contributed by atoms with E-state index in [0.717, 1.165) is 25.7 Å². The quantitative estimate of drug-likeness (QED) is 0.336. The van der Waals surface area contributed by atoms with Gasteiger partial charge in [-0.3, -0.25) is 4.79 Å². The molecular weight excluding hydrogens is 300 g/mol. The minimum atomic E-state index is -0.735. The Bertz CT molecular complexity index is 423. The Morgan fingerprint density at radius 2 is 1.83 bits per heavy atom. The second-order valence-electron chi connectivity index (χ2n) is 6.77. The average Bonchev–Trinajstić information content (AvgIpc) is 3.32. The molecule has 0 spiro atoms. The van der Waals surface area contributed by atoms with Gasteiger partial charge < -0.3 is 10.2 Å². The number of aliphatic hydroxyl groups is 1. The first kappa shape index (κ1) is 20.7. The van der Waals surface area contributed by atoms with Crippen molar-refractivity contribution in [1.29, 1.82) is 0 Å². The fourth-order valence-corrected chi connectivity index (χ4v) is 2.89. The lowest BCUT2D eigenvalue weighted by atomic mass is 10.1. The number of aliphatic carboxylic acids is 1. The number of aliphatic hydroxyl groups excluding tert-OH is 1. The van der Waals surface area contributed by atoms with Crippen molar-refractivity contribution in [3.05, 3.63) is 36.5 Å². The molecule has 24 heavy (non-hydrogen) atoms. The molecular formula is C21H34O3. The highest BCUT2D eigenvalue weighted by Gasteiger charge is 2.40. The van der Waals surface area contributed by atoms with Crippen LogP contribution < -0.4 is 0 Å². The zero-order valence-electron chi connectivity index (χ0n) is 15.1. The molecule has 136 valence electrons. The lowest BCUT2D eigenvalue weighted by Gasteiger charge is -2.03. The third kappa shape index (κ3) is 10.4. The van der Waals surface area contributed by atoms with Crippen LogP contribution in [0.2, 0.25) is 0 Å². The van der Waals surface area contributed by atoms with E-state index in [0.29, 0.717) is 18.3 Å². The number of unbranched alkanes of at least 4 members (excludes halogenated alkanes) is 4. The van der Waals surface area contributed by atoms with Crippen LogP contribution in [0.25, 0.3) is 0 Å². The van der Waals surface area contributed by atoms with Gasteiger partial charge in [0.1, 0.15) is 0 Å². The molecule has 1 aliphatic rings. The molecule has 0 saturated heterocycles. The molecule has 1 aliphatic carbocycles. The van der Waals surface area contributed by atoms with Crippen LogP contribution in [0.15, 0.2) is 36.5 Å². The van der Waals surface area contributed by atoms with Crippen LogP contribution in [0.1, 0.15) is 71.1 Å². The second kappa shape index (κ2) is 13.0. The predicted molar refractivity (Wildman–Crippen MR) is 99.9 cm³/mol. The summed E-state index contributed by atoms with van der Waals surface area (Å²) in [5.74, 6) is 0.348. The molecule has 0 radical (unpaired) electrons. The van der Waals surface area contributed by atoms with Gasteiger partial charge in [-0.25, -0.2) is 0 Å². The van der Waals surface area contributed by atoms with Crippen molar-refractivity contribution < 1.29 is 15.0 Å². The average molecular weight is 335 g/mol. The van der Waals surface area contributed by atoms with E-state index in [1.54, 1.807) is 0 Å². The highest BCUT2D eigenvalue weighted by molar-refractivity contribution is 5.66. The number of rotatable bonds is 14. The minimum Gasteiger partial charge on any atom is -0.481 e. The number of carbonyl (C=O) groups is 1. The van der Waals surface area contributed by atoms with Crippen molar-refractivity contribution in [2.45, 2.75) is 77.2 Å². The second-order valence-corrected chi connectivity index (χ2v) is 6.77. The van der Waals surface area contributed by atoms with E-state index >= 15 is 0 Å². The molecule has 2 N–H and O–H groups in total. The van der Waals surface area contributed by atoms with Crippen molar-refractivity contribution in [2.24, 2.45) is 11.8 Å². The van der Waals surface area contributed by atoms with Gasteiger partial charge in [-0.15, -0.1) is 0 Å². The summed E-state index contributed by atoms with van der Waals surface area (Å²) in [6.45, 7) is 2.22. The van der Waals surface area contributed by atoms with Crippen LogP contribution in [-0.4, -0.2) is 22.3 Å². The van der Waals surface area contributed by atoms with Crippen molar-refractivity contribution in [3.63, 3.8) is 0 Å². The molecule has 1 fully saturated rings. The van der Waals surface area contributed by atoms with Crippen molar-refractivity contribution in [1.82, 2.24) is 0 Å². The fraction of sp³-hybridized carbons (Fsp3) is 0.667. The van der Waals surface area contributed by atoms with Crippen molar-refractivity contribution >= 4 is 5.97 Å². The van der Waals surface area contributed by atoms with Crippen molar-refractivity contribution in [2.75, 3.05) is 0 Å². The van der Waals surface area contributed by atoms with Crippen LogP contribution in [-0.2, 0) is 4.79 Å². The van der Waals surface area contributed by atoms with E-state index in [4.69, 9.17) is 5.11 Å². The SMILES string of the molecule is CCCCC/C=C\CC1CC1[C@@H](O)/C=C\C/C=C\CCCC(=O)O. The Labute approximate surface area is 147 Å². The molecule has 1 rings (SSSR count). The third-order valence-corrected chi connectivity index (χ3v) is 4.53. The van der Waals surface area contributed by atoms with E-state index in [9.17, 15) is 9.90 Å². The minimum absolute atomic E-state index is 0.231. The number of allylic oxidation sites excluding steroid dienone is 5. The molecule has 3 nitrogen and oxygen atoms in total. The van der Waals surface area contributed by atoms with Crippen LogP contribution in [0.3, 0.4) is 0 Å². The van der Waals surface area contributed by atoms with Gasteiger partial charge in [0, 0.05) is 6.42 Å². The smallest absolute Gasteiger partial charge is 0.303 e. The first-order valence-electron chi connectivity index (χ1n) is 9.51. The molecule has 0 aromatic heterocycles. The summed E-state index contributed by atoms with van der Waals surface area (Å²) >= 11 is 0. The molecule has 1 saturated carbocycles. The molecule has 0 aromatic rings. The number of hydrogen-bond donors (Lipinski definition) is 2. The lowest BCUT2D eigenvalue weighted by Crippen LogP contribution is -2.06. The largest absolute Gasteiger partial charge is 0.481 e. The van der Waals surface area contributed by atoms with Gasteiger partial charge in [-0.2, -0.15) is 0 Å². The van der Waals surface area contributed by atoms with Crippen molar-refractivity contribution in [3.8, 4) is 0 Å². The topological polar surface area (TPSA) is 57.5 Å². The maximum absolute atomic E-state index is 10.4. The monoisotopic (exact) mass is 334 g/mol. The van der Waals surface area contributed by atoms with Crippen LogP contribution in [0.5, 0.6) is 0 Å². The normalized spacial score (nSPS) is 21.9. The van der Waals surface area contributed by atoms with E-state index in [1.807, 2.05) is 24.3 Å². The zero-order valence-corrected chi connectivity index (χ0v) is 15.1. The first-order valence-corrected chi connectivity index (χ1v) is 9.51. The Hall–Kier alpha value is -1.35. The zero-order chi connectivity index (χ0) is 17.6. The molecule has 2 unspecified atom stereocenters. The summed E-state index contributed by atoms with van der Waals surface area (Å²) in [5.41, 5.74) is 0. The van der Waals surface area contributed by atoms with Gasteiger partial charge in [0.05, 0.1) is 6.10 Å². The Morgan fingerprint density at radius 3 is 2.58 bits per heavy atom. The Balaban J connectivity index is 2.04. The molecule has 0 heterocycles. The molecule has 0 bridgehead atoms. The summed E-state index contributed by atoms with van der Waals surface area (Å²) in [6.07, 6.45) is 22.1. The predicted octanol–water partition coefficient (Wildman–Crippen LogP) is 5.27. The summed E-state index contributed by atoms with van der Waals surface area (Å²) in [7, 11) is 0. The standard InChI is InChI=1S/C21H34O3/c1-2-3-4-5-8-11-14-18-17-19(18)20(22)15-12-9-6-7-10-13-16-21(23)24/h6-8,11-12,15,18-20,22H,2-5,9-10,13-14,16-17H2,1H3,(H,23,24)/b7-6-,11-8-,15-12-/t18?,19?,20-/m0/s1. The number of carboxylic acids is 1. The van der Waals surface area contributed by atoms with Gasteiger partial charge in [0.15, 0.2) is 0 Å². The van der Waals surface area contributed by atoms with E-state index in [2.05, 4.69) is 19.1 Å². The van der Waals surface area contributed by atoms with E-state index in [-0.39, 0.29) is 12.5 Å². The summed E-state index contributed by atoms with van der Waals surface area (Å²) < 4.78 is 0. The molecule has 0 amide bonds. The molecule has 3 atom stereocenters. The van der Waals surface area contributed by atoms with Gasteiger partial charge in [0.2, 0.25) is 0 Å². The third-order valence-electron chi connectivity index (χ3n) is 4.53. The summed E-state index contributed by atoms with van der Waals surface area (Å²) in [6, 6.07) is 0. The lowest BCUT2D eigenvalue weighted by molar-refractivity contribution is -0.137. The number of hydrogen-bond acceptors (Lipinski definition) is 2. The van der Waals surface area contributed by atoms with E-state index < -0.39 is 5.97 Å². The maximum Gasteiger partial charge on any atom is 0.303 e. The van der Waals surface area contributed by atoms with Gasteiger partial charge in [-0.1, -0.05) is 56.2 Å². The molecule has 0 aromatic carbocycles. The Morgan fingerprint density at radius 1 is 1.08 bits per heavy atom. The molecule has 3 heteroatoms. The Kier molecular flexibility index (Phi) is 11.2. The van der Waals surface area contributed by atoms with Gasteiger partial charge >= 0.3 is 5.97 Å². The van der Waals surface area contributed by atoms with Gasteiger partial charge in [-0.05, 0) is 56.8 Å². The fourth-order valence-electron chi connectivity index (χ4n) is 2.89. The number of carboxylic acid groups (broad SMARTS) is 1. The summed E-state index contributed by atoms with van der Waals surface area (Å²) in [4.78, 5) is 10.4. The summed E-state index contributed by atoms with van der Waals surface area (Å²) in [5, 5.41) is 18.7. The van der Waals surface area contributed by atoms with Crippen LogP contribution >= 0.6 is 0 Å². The molecule has 0 aliphatic heterocycles. The van der Waals surface area contributed by atoms with Crippen LogP contribution in [0, 0.1) is 11.8 Å². The maximum atomic E-state index is 10.4. The van der Waals surface area contributed by atoms with Gasteiger partial charge in [0.25, 0.3) is 0 Å². The van der Waals surface area contributed by atoms with Crippen LogP contribution in [0.4, 0.5) is 0 Å².